The van der Waals surface area contributed by atoms with Crippen LogP contribution in [-0.4, -0.2) is 36.1 Å². The van der Waals surface area contributed by atoms with Gasteiger partial charge in [0, 0.05) is 40.8 Å². The first kappa shape index (κ1) is 20.6. The van der Waals surface area contributed by atoms with Crippen molar-refractivity contribution in [2.75, 3.05) is 25.1 Å². The fraction of sp³-hybridized carbons (Fsp3) is 0.348. The zero-order valence-corrected chi connectivity index (χ0v) is 19.0. The van der Waals surface area contributed by atoms with Crippen molar-refractivity contribution in [2.45, 2.75) is 32.6 Å². The first-order valence-electron chi connectivity index (χ1n) is 10.2. The molecule has 1 saturated heterocycles. The largest absolute Gasteiger partial charge is 0.496 e. The van der Waals surface area contributed by atoms with Crippen molar-refractivity contribution >= 4 is 38.7 Å². The summed E-state index contributed by atoms with van der Waals surface area (Å²) in [7, 11) is 1.65. The summed E-state index contributed by atoms with van der Waals surface area (Å²) < 4.78 is 7.83. The lowest BCUT2D eigenvalue weighted by Crippen LogP contribution is -2.23. The van der Waals surface area contributed by atoms with Crippen LogP contribution in [0.2, 0.25) is 0 Å². The Morgan fingerprint density at radius 1 is 1.17 bits per heavy atom. The van der Waals surface area contributed by atoms with Gasteiger partial charge in [-0.25, -0.2) is 4.98 Å². The molecule has 1 aliphatic heterocycles. The van der Waals surface area contributed by atoms with Gasteiger partial charge in [-0.3, -0.25) is 4.79 Å². The van der Waals surface area contributed by atoms with Gasteiger partial charge < -0.3 is 9.64 Å². The highest BCUT2D eigenvalue weighted by Gasteiger charge is 2.16. The van der Waals surface area contributed by atoms with Crippen LogP contribution >= 0.6 is 15.9 Å². The molecule has 0 saturated carbocycles. The second kappa shape index (κ2) is 8.60. The fourth-order valence-corrected chi connectivity index (χ4v) is 4.11. The van der Waals surface area contributed by atoms with Gasteiger partial charge in [-0.15, -0.1) is 0 Å². The Hall–Kier alpha value is -2.67. The molecule has 1 aliphatic rings. The molecule has 6 nitrogen and oxygen atoms in total. The quantitative estimate of drug-likeness (QED) is 0.505. The van der Waals surface area contributed by atoms with Gasteiger partial charge >= 0.3 is 0 Å². The van der Waals surface area contributed by atoms with Gasteiger partial charge in [-0.1, -0.05) is 29.8 Å². The zero-order chi connectivity index (χ0) is 21.3. The van der Waals surface area contributed by atoms with Crippen molar-refractivity contribution < 1.29 is 4.74 Å². The molecule has 0 aliphatic carbocycles. The number of hydrogen-bond donors (Lipinski definition) is 0. The average molecular weight is 469 g/mol. The van der Waals surface area contributed by atoms with Crippen LogP contribution in [0.15, 0.2) is 50.8 Å². The van der Waals surface area contributed by atoms with E-state index in [0.717, 1.165) is 34.6 Å². The normalized spacial score (nSPS) is 14.4. The summed E-state index contributed by atoms with van der Waals surface area (Å²) in [5.41, 5.74) is 2.45. The molecule has 0 atom stereocenters. The van der Waals surface area contributed by atoms with Crippen molar-refractivity contribution in [3.63, 3.8) is 0 Å². The highest BCUT2D eigenvalue weighted by Crippen LogP contribution is 2.27. The molecule has 0 radical (unpaired) electrons. The van der Waals surface area contributed by atoms with Crippen LogP contribution in [0.3, 0.4) is 0 Å². The Bertz CT molecular complexity index is 1160. The van der Waals surface area contributed by atoms with Gasteiger partial charge in [-0.05, 0) is 43.2 Å². The molecular weight excluding hydrogens is 444 g/mol. The Labute approximate surface area is 184 Å². The molecule has 0 amide bonds. The minimum Gasteiger partial charge on any atom is -0.496 e. The summed E-state index contributed by atoms with van der Waals surface area (Å²) in [6.45, 7) is 6.15. The first-order chi connectivity index (χ1) is 14.5. The number of ether oxygens (including phenoxy) is 1. The van der Waals surface area contributed by atoms with Gasteiger partial charge in [-0.2, -0.15) is 9.78 Å². The predicted octanol–water partition coefficient (Wildman–Crippen LogP) is 4.77. The van der Waals surface area contributed by atoms with Crippen LogP contribution in [-0.2, 0) is 0 Å². The van der Waals surface area contributed by atoms with Gasteiger partial charge in [0.2, 0.25) is 0 Å². The molecule has 7 heteroatoms. The summed E-state index contributed by atoms with van der Waals surface area (Å²) >= 11 is 3.43. The smallest absolute Gasteiger partial charge is 0.282 e. The summed E-state index contributed by atoms with van der Waals surface area (Å²) in [4.78, 5) is 20.2. The number of aromatic nitrogens is 2. The number of halogens is 1. The van der Waals surface area contributed by atoms with Crippen molar-refractivity contribution in [3.05, 3.63) is 62.6 Å². The summed E-state index contributed by atoms with van der Waals surface area (Å²) in [6.07, 6.45) is 4.11. The standard InChI is InChI=1S/C23H25BrN4O2/c1-15(2)22-26-20-9-7-17(24)12-19(20)23(29)28(22)25-14-16-6-8-18(13-21(16)30-3)27-10-4-5-11-27/h6-9,12-15H,4-5,10-11H2,1-3H3. The lowest BCUT2D eigenvalue weighted by atomic mass is 10.1. The number of benzene rings is 2. The third kappa shape index (κ3) is 3.99. The third-order valence-corrected chi connectivity index (χ3v) is 5.84. The van der Waals surface area contributed by atoms with Crippen LogP contribution in [0.4, 0.5) is 5.69 Å². The molecule has 1 fully saturated rings. The maximum absolute atomic E-state index is 13.2. The molecule has 156 valence electrons. The van der Waals surface area contributed by atoms with Crippen LogP contribution in [0, 0.1) is 0 Å². The Morgan fingerprint density at radius 3 is 2.63 bits per heavy atom. The Kier molecular flexibility index (Phi) is 5.90. The highest BCUT2D eigenvalue weighted by atomic mass is 79.9. The SMILES string of the molecule is COc1cc(N2CCCC2)ccc1C=Nn1c(C(C)C)nc2ccc(Br)cc2c1=O. The van der Waals surface area contributed by atoms with E-state index in [1.54, 1.807) is 19.4 Å². The lowest BCUT2D eigenvalue weighted by Gasteiger charge is -2.19. The summed E-state index contributed by atoms with van der Waals surface area (Å²) in [5, 5.41) is 5.05. The second-order valence-electron chi connectivity index (χ2n) is 7.77. The van der Waals surface area contributed by atoms with E-state index in [1.165, 1.54) is 17.5 Å². The minimum absolute atomic E-state index is 0.0438. The fourth-order valence-electron chi connectivity index (χ4n) is 3.75. The summed E-state index contributed by atoms with van der Waals surface area (Å²) in [5.74, 6) is 1.40. The maximum Gasteiger partial charge on any atom is 0.282 e. The van der Waals surface area contributed by atoms with Gasteiger partial charge in [0.05, 0.1) is 24.2 Å². The molecule has 3 aromatic rings. The zero-order valence-electron chi connectivity index (χ0n) is 17.4. The number of anilines is 1. The molecule has 4 rings (SSSR count). The minimum atomic E-state index is -0.186. The summed E-state index contributed by atoms with van der Waals surface area (Å²) in [6, 6.07) is 11.6. The van der Waals surface area contributed by atoms with E-state index in [0.29, 0.717) is 16.7 Å². The van der Waals surface area contributed by atoms with Crippen molar-refractivity contribution in [1.82, 2.24) is 9.66 Å². The first-order valence-corrected chi connectivity index (χ1v) is 11.0. The van der Waals surface area contributed by atoms with Gasteiger partial charge in [0.1, 0.15) is 11.6 Å². The third-order valence-electron chi connectivity index (χ3n) is 5.35. The topological polar surface area (TPSA) is 59.7 Å². The molecule has 0 N–H and O–H groups in total. The molecular formula is C23H25BrN4O2. The molecule has 2 aromatic carbocycles. The Balaban J connectivity index is 1.77. The highest BCUT2D eigenvalue weighted by molar-refractivity contribution is 9.10. The molecule has 0 unspecified atom stereocenters. The molecule has 30 heavy (non-hydrogen) atoms. The predicted molar refractivity (Wildman–Crippen MR) is 125 cm³/mol. The van der Waals surface area contributed by atoms with E-state index in [9.17, 15) is 4.79 Å². The number of hydrogen-bond acceptors (Lipinski definition) is 5. The molecule has 0 spiro atoms. The van der Waals surface area contributed by atoms with E-state index in [2.05, 4.69) is 37.0 Å². The van der Waals surface area contributed by atoms with Crippen molar-refractivity contribution in [1.29, 1.82) is 0 Å². The second-order valence-corrected chi connectivity index (χ2v) is 8.68. The van der Waals surface area contributed by atoms with Crippen LogP contribution < -0.4 is 15.2 Å². The monoisotopic (exact) mass is 468 g/mol. The van der Waals surface area contributed by atoms with E-state index < -0.39 is 0 Å². The molecule has 2 heterocycles. The number of rotatable bonds is 5. The maximum atomic E-state index is 13.2. The van der Waals surface area contributed by atoms with E-state index >= 15 is 0 Å². The number of fused-ring (bicyclic) bond motifs is 1. The van der Waals surface area contributed by atoms with Crippen LogP contribution in [0.5, 0.6) is 5.75 Å². The molecule has 0 bridgehead atoms. The van der Waals surface area contributed by atoms with Crippen LogP contribution in [0.25, 0.3) is 10.9 Å². The van der Waals surface area contributed by atoms with Gasteiger partial charge in [0.25, 0.3) is 5.56 Å². The lowest BCUT2D eigenvalue weighted by molar-refractivity contribution is 0.414. The number of methoxy groups -OCH3 is 1. The van der Waals surface area contributed by atoms with E-state index in [4.69, 9.17) is 4.74 Å². The Morgan fingerprint density at radius 2 is 1.93 bits per heavy atom. The van der Waals surface area contributed by atoms with Gasteiger partial charge in [0.15, 0.2) is 0 Å². The number of nitrogens with zero attached hydrogens (tertiary/aromatic N) is 4. The van der Waals surface area contributed by atoms with E-state index in [1.807, 2.05) is 38.1 Å². The van der Waals surface area contributed by atoms with Crippen molar-refractivity contribution in [3.8, 4) is 5.75 Å². The average Bonchev–Trinajstić information content (AvgIpc) is 3.28. The van der Waals surface area contributed by atoms with Crippen LogP contribution in [0.1, 0.15) is 44.0 Å². The molecule has 1 aromatic heterocycles. The van der Waals surface area contributed by atoms with Crippen molar-refractivity contribution in [2.24, 2.45) is 5.10 Å². The van der Waals surface area contributed by atoms with E-state index in [-0.39, 0.29) is 11.5 Å².